The number of nitrogens with zero attached hydrogens (tertiary/aromatic N) is 2. The predicted molar refractivity (Wildman–Crippen MR) is 85.1 cm³/mol. The van der Waals surface area contributed by atoms with Crippen LogP contribution in [0.5, 0.6) is 0 Å². The molecule has 0 atom stereocenters. The van der Waals surface area contributed by atoms with E-state index in [4.69, 9.17) is 16.0 Å². The summed E-state index contributed by atoms with van der Waals surface area (Å²) in [6.07, 6.45) is -0.996. The fourth-order valence-corrected chi connectivity index (χ4v) is 2.09. The van der Waals surface area contributed by atoms with Crippen molar-refractivity contribution in [3.05, 3.63) is 70.6 Å². The first-order valence-corrected chi connectivity index (χ1v) is 7.24. The Morgan fingerprint density at radius 2 is 1.54 bits per heavy atom. The van der Waals surface area contributed by atoms with Crippen molar-refractivity contribution >= 4 is 23.8 Å². The number of halogens is 4. The van der Waals surface area contributed by atoms with Gasteiger partial charge in [0, 0.05) is 16.7 Å². The number of rotatable bonds is 3. The van der Waals surface area contributed by atoms with E-state index in [0.29, 0.717) is 10.6 Å². The van der Waals surface area contributed by atoms with Crippen molar-refractivity contribution in [3.8, 4) is 11.5 Å². The Balaban J connectivity index is 1.76. The highest BCUT2D eigenvalue weighted by Gasteiger charge is 2.30. The van der Waals surface area contributed by atoms with Gasteiger partial charge in [0.1, 0.15) is 0 Å². The molecule has 0 amide bonds. The topological polar surface area (TPSA) is 38.9 Å². The molecule has 3 nitrogen and oxygen atoms in total. The monoisotopic (exact) mass is 350 g/mol. The molecule has 0 aliphatic carbocycles. The van der Waals surface area contributed by atoms with Crippen molar-refractivity contribution in [1.29, 1.82) is 0 Å². The second-order valence-corrected chi connectivity index (χ2v) is 5.34. The first-order chi connectivity index (χ1) is 11.4. The molecule has 0 unspecified atom stereocenters. The third-order valence-corrected chi connectivity index (χ3v) is 3.44. The van der Waals surface area contributed by atoms with Crippen LogP contribution in [0.3, 0.4) is 0 Å². The van der Waals surface area contributed by atoms with Crippen molar-refractivity contribution in [2.75, 3.05) is 0 Å². The minimum absolute atomic E-state index is 0.152. The van der Waals surface area contributed by atoms with Crippen LogP contribution in [0.1, 0.15) is 17.0 Å². The summed E-state index contributed by atoms with van der Waals surface area (Å²) in [6, 6.07) is 11.7. The zero-order valence-corrected chi connectivity index (χ0v) is 12.8. The van der Waals surface area contributed by atoms with Gasteiger partial charge in [0.25, 0.3) is 0 Å². The highest BCUT2D eigenvalue weighted by molar-refractivity contribution is 6.30. The van der Waals surface area contributed by atoms with Crippen LogP contribution in [0.2, 0.25) is 5.02 Å². The van der Waals surface area contributed by atoms with Crippen LogP contribution in [0, 0.1) is 0 Å². The van der Waals surface area contributed by atoms with Gasteiger partial charge in [-0.05, 0) is 48.0 Å². The zero-order chi connectivity index (χ0) is 17.2. The number of hydrogen-bond acceptors (Lipinski definition) is 3. The average Bonchev–Trinajstić information content (AvgIpc) is 3.03. The number of alkyl halides is 3. The van der Waals surface area contributed by atoms with Gasteiger partial charge < -0.3 is 4.42 Å². The van der Waals surface area contributed by atoms with Crippen LogP contribution < -0.4 is 0 Å². The molecule has 3 rings (SSSR count). The molecule has 0 N–H and O–H groups in total. The van der Waals surface area contributed by atoms with Crippen LogP contribution in [0.15, 0.2) is 52.9 Å². The van der Waals surface area contributed by atoms with Crippen molar-refractivity contribution in [2.24, 2.45) is 0 Å². The van der Waals surface area contributed by atoms with E-state index < -0.39 is 11.7 Å². The van der Waals surface area contributed by atoms with E-state index >= 15 is 0 Å². The summed E-state index contributed by atoms with van der Waals surface area (Å²) in [5, 5.41) is 8.31. The first kappa shape index (κ1) is 16.3. The van der Waals surface area contributed by atoms with Crippen molar-refractivity contribution in [3.63, 3.8) is 0 Å². The average molecular weight is 351 g/mol. The quantitative estimate of drug-likeness (QED) is 0.619. The first-order valence-electron chi connectivity index (χ1n) is 6.86. The largest absolute Gasteiger partial charge is 0.417 e. The molecule has 0 fully saturated rings. The minimum Gasteiger partial charge on any atom is -0.417 e. The van der Waals surface area contributed by atoms with E-state index in [1.807, 2.05) is 12.1 Å². The van der Waals surface area contributed by atoms with Crippen LogP contribution in [-0.4, -0.2) is 10.2 Å². The lowest BCUT2D eigenvalue weighted by atomic mass is 10.1. The molecule has 122 valence electrons. The summed E-state index contributed by atoms with van der Waals surface area (Å²) in [5.41, 5.74) is 0.587. The van der Waals surface area contributed by atoms with Gasteiger partial charge in [0.05, 0.1) is 5.56 Å². The summed E-state index contributed by atoms with van der Waals surface area (Å²) in [7, 11) is 0. The number of aromatic nitrogens is 2. The molecule has 1 aromatic heterocycles. The van der Waals surface area contributed by atoms with Gasteiger partial charge in [0.15, 0.2) is 0 Å². The zero-order valence-electron chi connectivity index (χ0n) is 12.1. The Morgan fingerprint density at radius 3 is 2.17 bits per heavy atom. The van der Waals surface area contributed by atoms with Crippen molar-refractivity contribution in [1.82, 2.24) is 10.2 Å². The van der Waals surface area contributed by atoms with E-state index in [-0.39, 0.29) is 11.8 Å². The molecular formula is C17H10ClF3N2O. The number of hydrogen-bond donors (Lipinski definition) is 0. The van der Waals surface area contributed by atoms with E-state index in [1.165, 1.54) is 12.1 Å². The Morgan fingerprint density at radius 1 is 0.875 bits per heavy atom. The fourth-order valence-electron chi connectivity index (χ4n) is 1.96. The highest BCUT2D eigenvalue weighted by Crippen LogP contribution is 2.30. The summed E-state index contributed by atoms with van der Waals surface area (Å²) >= 11 is 5.80. The fraction of sp³-hybridized carbons (Fsp3) is 0.0588. The Labute approximate surface area is 140 Å². The molecule has 0 aliphatic heterocycles. The lowest BCUT2D eigenvalue weighted by Crippen LogP contribution is -2.03. The van der Waals surface area contributed by atoms with E-state index in [9.17, 15) is 13.2 Å². The van der Waals surface area contributed by atoms with Gasteiger partial charge in [-0.2, -0.15) is 13.2 Å². The molecule has 0 bridgehead atoms. The van der Waals surface area contributed by atoms with Gasteiger partial charge in [-0.1, -0.05) is 23.7 Å². The molecule has 0 radical (unpaired) electrons. The van der Waals surface area contributed by atoms with Crippen molar-refractivity contribution < 1.29 is 17.6 Å². The standard InChI is InChI=1S/C17H10ClF3N2O/c18-14-8-1-11(2-9-14)3-10-15-22-23-16(24-15)12-4-6-13(7-5-12)17(19,20)21/h1-10H/b10-3+. The molecule has 0 saturated heterocycles. The molecule has 3 aromatic rings. The third kappa shape index (κ3) is 3.83. The van der Waals surface area contributed by atoms with Crippen LogP contribution in [-0.2, 0) is 6.18 Å². The Bertz CT molecular complexity index is 853. The lowest BCUT2D eigenvalue weighted by molar-refractivity contribution is -0.137. The maximum atomic E-state index is 12.5. The second kappa shape index (κ2) is 6.49. The number of benzene rings is 2. The van der Waals surface area contributed by atoms with Gasteiger partial charge in [0.2, 0.25) is 11.8 Å². The molecule has 0 saturated carbocycles. The molecule has 0 aliphatic rings. The van der Waals surface area contributed by atoms with Gasteiger partial charge >= 0.3 is 6.18 Å². The van der Waals surface area contributed by atoms with E-state index in [2.05, 4.69) is 10.2 Å². The highest BCUT2D eigenvalue weighted by atomic mass is 35.5. The van der Waals surface area contributed by atoms with Crippen molar-refractivity contribution in [2.45, 2.75) is 6.18 Å². The predicted octanol–water partition coefficient (Wildman–Crippen LogP) is 5.58. The smallest absolute Gasteiger partial charge is 0.416 e. The molecule has 7 heteroatoms. The minimum atomic E-state index is -4.38. The van der Waals surface area contributed by atoms with Gasteiger partial charge in [-0.25, -0.2) is 0 Å². The second-order valence-electron chi connectivity index (χ2n) is 4.91. The molecule has 0 spiro atoms. The maximum Gasteiger partial charge on any atom is 0.416 e. The maximum absolute atomic E-state index is 12.5. The summed E-state index contributed by atoms with van der Waals surface area (Å²) in [4.78, 5) is 0. The van der Waals surface area contributed by atoms with Crippen LogP contribution in [0.4, 0.5) is 13.2 Å². The van der Waals surface area contributed by atoms with E-state index in [1.54, 1.807) is 24.3 Å². The van der Waals surface area contributed by atoms with Gasteiger partial charge in [-0.3, -0.25) is 0 Å². The molecular weight excluding hydrogens is 341 g/mol. The van der Waals surface area contributed by atoms with E-state index in [0.717, 1.165) is 17.7 Å². The normalized spacial score (nSPS) is 12.0. The third-order valence-electron chi connectivity index (χ3n) is 3.19. The molecule has 1 heterocycles. The molecule has 24 heavy (non-hydrogen) atoms. The lowest BCUT2D eigenvalue weighted by Gasteiger charge is -2.05. The summed E-state index contributed by atoms with van der Waals surface area (Å²) < 4.78 is 43.1. The Kier molecular flexibility index (Phi) is 4.40. The van der Waals surface area contributed by atoms with Crippen LogP contribution >= 0.6 is 11.6 Å². The van der Waals surface area contributed by atoms with Crippen LogP contribution in [0.25, 0.3) is 23.6 Å². The summed E-state index contributed by atoms with van der Waals surface area (Å²) in [6.45, 7) is 0. The molecule has 2 aromatic carbocycles. The Hall–Kier alpha value is -2.60. The van der Waals surface area contributed by atoms with Gasteiger partial charge in [-0.15, -0.1) is 10.2 Å². The SMILES string of the molecule is FC(F)(F)c1ccc(-c2nnc(/C=C/c3ccc(Cl)cc3)o2)cc1. The summed E-state index contributed by atoms with van der Waals surface area (Å²) in [5.74, 6) is 0.402.